The first-order valence-corrected chi connectivity index (χ1v) is 5.04. The predicted octanol–water partition coefficient (Wildman–Crippen LogP) is 0.758. The zero-order chi connectivity index (χ0) is 10.4. The van der Waals surface area contributed by atoms with Gasteiger partial charge in [0.25, 0.3) is 0 Å². The number of benzene rings is 1. The fourth-order valence-electron chi connectivity index (χ4n) is 2.19. The van der Waals surface area contributed by atoms with Gasteiger partial charge in [0.05, 0.1) is 10.6 Å². The average molecular weight is 208 g/mol. The third-order valence-corrected chi connectivity index (χ3v) is 2.92. The summed E-state index contributed by atoms with van der Waals surface area (Å²) in [7, 11) is 0. The summed E-state index contributed by atoms with van der Waals surface area (Å²) in [4.78, 5) is 6.36. The number of rotatable bonds is 0. The van der Waals surface area contributed by atoms with E-state index in [0.29, 0.717) is 10.6 Å². The van der Waals surface area contributed by atoms with Gasteiger partial charge >= 0.3 is 0 Å². The van der Waals surface area contributed by atoms with E-state index in [1.54, 1.807) is 6.20 Å². The van der Waals surface area contributed by atoms with Crippen molar-refractivity contribution in [2.24, 2.45) is 4.99 Å². The van der Waals surface area contributed by atoms with Crippen molar-refractivity contribution in [2.45, 2.75) is 19.0 Å². The zero-order valence-electron chi connectivity index (χ0n) is 8.08. The largest absolute Gasteiger partial charge is 0.355 e. The van der Waals surface area contributed by atoms with Gasteiger partial charge in [0.1, 0.15) is 17.8 Å². The molecule has 1 aromatic carbocycles. The Balaban J connectivity index is 2.29. The third kappa shape index (κ3) is 1.32. The van der Waals surface area contributed by atoms with E-state index in [1.807, 2.05) is 4.90 Å². The molecule has 1 aromatic rings. The van der Waals surface area contributed by atoms with Gasteiger partial charge in [0, 0.05) is 24.9 Å². The molecule has 2 heterocycles. The molecular formula is C11H10F2N2. The van der Waals surface area contributed by atoms with Crippen LogP contribution >= 0.6 is 0 Å². The summed E-state index contributed by atoms with van der Waals surface area (Å²) < 4.78 is 26.4. The van der Waals surface area contributed by atoms with E-state index in [2.05, 4.69) is 4.99 Å². The Bertz CT molecular complexity index is 524. The molecule has 3 rings (SSSR count). The Hall–Kier alpha value is -1.45. The highest BCUT2D eigenvalue weighted by Crippen LogP contribution is 2.19. The number of nitrogens with zero attached hydrogens (tertiary/aromatic N) is 2. The van der Waals surface area contributed by atoms with E-state index < -0.39 is 11.6 Å². The fourth-order valence-corrected chi connectivity index (χ4v) is 2.19. The van der Waals surface area contributed by atoms with E-state index >= 15 is 0 Å². The lowest BCUT2D eigenvalue weighted by Gasteiger charge is -2.22. The maximum atomic E-state index is 13.4. The summed E-state index contributed by atoms with van der Waals surface area (Å²) in [5.41, 5.74) is 0. The first-order chi connectivity index (χ1) is 7.24. The van der Waals surface area contributed by atoms with Gasteiger partial charge in [-0.3, -0.25) is 4.99 Å². The molecule has 1 fully saturated rings. The van der Waals surface area contributed by atoms with Crippen LogP contribution in [0.2, 0.25) is 0 Å². The fraction of sp³-hybridized carbons (Fsp3) is 0.364. The second-order valence-electron chi connectivity index (χ2n) is 3.94. The van der Waals surface area contributed by atoms with Crippen LogP contribution in [0.4, 0.5) is 8.78 Å². The number of hydrogen-bond donors (Lipinski definition) is 0. The molecule has 78 valence electrons. The Morgan fingerprint density at radius 2 is 2.20 bits per heavy atom. The standard InChI is InChI=1S/C11H10F2N2/c12-7-4-9(13)8-6-15-3-1-2-11(15)14-10(8)5-7/h4-6,11H,1-3H2. The molecule has 4 heteroatoms. The lowest BCUT2D eigenvalue weighted by atomic mass is 10.2. The molecule has 0 radical (unpaired) electrons. The maximum Gasteiger partial charge on any atom is 0.136 e. The third-order valence-electron chi connectivity index (χ3n) is 2.92. The highest BCUT2D eigenvalue weighted by Gasteiger charge is 2.23. The molecule has 15 heavy (non-hydrogen) atoms. The topological polar surface area (TPSA) is 15.6 Å². The second-order valence-corrected chi connectivity index (χ2v) is 3.94. The molecule has 2 aliphatic heterocycles. The Kier molecular flexibility index (Phi) is 1.78. The lowest BCUT2D eigenvalue weighted by molar-refractivity contribution is 0.376. The summed E-state index contributed by atoms with van der Waals surface area (Å²) in [6.07, 6.45) is 3.87. The minimum Gasteiger partial charge on any atom is -0.355 e. The van der Waals surface area contributed by atoms with Crippen molar-refractivity contribution in [3.8, 4) is 0 Å². The molecule has 0 amide bonds. The van der Waals surface area contributed by atoms with Gasteiger partial charge < -0.3 is 4.90 Å². The molecule has 2 nitrogen and oxygen atoms in total. The van der Waals surface area contributed by atoms with Crippen LogP contribution in [0.5, 0.6) is 0 Å². The van der Waals surface area contributed by atoms with Gasteiger partial charge in [0.2, 0.25) is 0 Å². The molecule has 0 spiro atoms. The normalized spacial score (nSPS) is 22.8. The summed E-state index contributed by atoms with van der Waals surface area (Å²) in [6, 6.07) is 2.20. The van der Waals surface area contributed by atoms with Crippen molar-refractivity contribution in [1.29, 1.82) is 0 Å². The minimum absolute atomic E-state index is 0.0821. The van der Waals surface area contributed by atoms with E-state index in [1.165, 1.54) is 6.07 Å². The Morgan fingerprint density at radius 1 is 1.33 bits per heavy atom. The van der Waals surface area contributed by atoms with Crippen LogP contribution in [-0.2, 0) is 0 Å². The van der Waals surface area contributed by atoms with Gasteiger partial charge in [0.15, 0.2) is 0 Å². The van der Waals surface area contributed by atoms with Crippen LogP contribution in [0.1, 0.15) is 12.8 Å². The molecular weight excluding hydrogens is 198 g/mol. The summed E-state index contributed by atoms with van der Waals surface area (Å²) in [5.74, 6) is -1.09. The SMILES string of the molecule is Fc1cc(F)c2c(c1)=NC1CCCN1C=2. The molecule has 0 aromatic heterocycles. The quantitative estimate of drug-likeness (QED) is 0.614. The van der Waals surface area contributed by atoms with Crippen LogP contribution < -0.4 is 10.6 Å². The average Bonchev–Trinajstić information content (AvgIpc) is 2.61. The predicted molar refractivity (Wildman–Crippen MR) is 51.3 cm³/mol. The van der Waals surface area contributed by atoms with Crippen molar-refractivity contribution in [3.05, 3.63) is 34.3 Å². The molecule has 0 saturated carbocycles. The summed E-state index contributed by atoms with van der Waals surface area (Å²) in [5, 5.41) is 0.852. The van der Waals surface area contributed by atoms with Crippen molar-refractivity contribution in [2.75, 3.05) is 6.54 Å². The first-order valence-electron chi connectivity index (χ1n) is 5.04. The van der Waals surface area contributed by atoms with Crippen molar-refractivity contribution in [1.82, 2.24) is 4.90 Å². The Morgan fingerprint density at radius 3 is 3.07 bits per heavy atom. The van der Waals surface area contributed by atoms with E-state index in [0.717, 1.165) is 25.5 Å². The molecule has 1 saturated heterocycles. The highest BCUT2D eigenvalue weighted by atomic mass is 19.1. The van der Waals surface area contributed by atoms with E-state index in [4.69, 9.17) is 0 Å². The van der Waals surface area contributed by atoms with E-state index in [9.17, 15) is 8.78 Å². The molecule has 1 unspecified atom stereocenters. The first kappa shape index (κ1) is 8.83. The number of hydrogen-bond acceptors (Lipinski definition) is 2. The van der Waals surface area contributed by atoms with Crippen molar-refractivity contribution in [3.63, 3.8) is 0 Å². The van der Waals surface area contributed by atoms with Gasteiger partial charge in [-0.2, -0.15) is 0 Å². The Labute approximate surface area is 85.5 Å². The van der Waals surface area contributed by atoms with Crippen molar-refractivity contribution >= 4 is 6.20 Å². The second kappa shape index (κ2) is 3.02. The van der Waals surface area contributed by atoms with E-state index in [-0.39, 0.29) is 6.17 Å². The van der Waals surface area contributed by atoms with Gasteiger partial charge in [-0.05, 0) is 12.8 Å². The summed E-state index contributed by atoms with van der Waals surface area (Å²) in [6.45, 7) is 0.907. The molecule has 0 aliphatic carbocycles. The smallest absolute Gasteiger partial charge is 0.136 e. The minimum atomic E-state index is -0.560. The number of fused-ring (bicyclic) bond motifs is 2. The molecule has 0 bridgehead atoms. The van der Waals surface area contributed by atoms with Crippen LogP contribution in [0.15, 0.2) is 17.1 Å². The monoisotopic (exact) mass is 208 g/mol. The zero-order valence-corrected chi connectivity index (χ0v) is 8.08. The van der Waals surface area contributed by atoms with Crippen LogP contribution in [0.3, 0.4) is 0 Å². The van der Waals surface area contributed by atoms with Crippen LogP contribution in [-0.4, -0.2) is 17.6 Å². The molecule has 2 aliphatic rings. The molecule has 0 N–H and O–H groups in total. The molecule has 1 atom stereocenters. The van der Waals surface area contributed by atoms with Crippen LogP contribution in [0.25, 0.3) is 6.20 Å². The van der Waals surface area contributed by atoms with Gasteiger partial charge in [-0.1, -0.05) is 0 Å². The highest BCUT2D eigenvalue weighted by molar-refractivity contribution is 5.27. The lowest BCUT2D eigenvalue weighted by Crippen LogP contribution is -2.40. The maximum absolute atomic E-state index is 13.4. The van der Waals surface area contributed by atoms with Crippen LogP contribution in [0, 0.1) is 11.6 Å². The van der Waals surface area contributed by atoms with Crippen molar-refractivity contribution < 1.29 is 8.78 Å². The summed E-state index contributed by atoms with van der Waals surface area (Å²) >= 11 is 0. The number of halogens is 2. The van der Waals surface area contributed by atoms with Gasteiger partial charge in [-0.25, -0.2) is 8.78 Å². The van der Waals surface area contributed by atoms with Gasteiger partial charge in [-0.15, -0.1) is 0 Å².